The number of para-hydroxylation sites is 1. The van der Waals surface area contributed by atoms with Crippen LogP contribution in [0, 0.1) is 0 Å². The number of fused-ring (bicyclic) bond motifs is 1. The van der Waals surface area contributed by atoms with Crippen molar-refractivity contribution >= 4 is 16.7 Å². The Hall–Kier alpha value is -2.55. The average Bonchev–Trinajstić information content (AvgIpc) is 2.84. The summed E-state index contributed by atoms with van der Waals surface area (Å²) in [7, 11) is 0. The Balaban J connectivity index is 2.13. The van der Waals surface area contributed by atoms with E-state index in [2.05, 4.69) is 5.10 Å². The van der Waals surface area contributed by atoms with Crippen molar-refractivity contribution in [3.05, 3.63) is 72.0 Å². The van der Waals surface area contributed by atoms with Gasteiger partial charge in [0.15, 0.2) is 5.76 Å². The molecule has 3 rings (SSSR count). The Morgan fingerprint density at radius 1 is 0.944 bits per heavy atom. The monoisotopic (exact) mass is 236 g/mol. The topological polar surface area (TPSA) is 51.5 Å². The second-order valence-corrected chi connectivity index (χ2v) is 3.99. The molecule has 0 unspecified atom stereocenters. The van der Waals surface area contributed by atoms with Crippen molar-refractivity contribution < 1.29 is 4.42 Å². The van der Waals surface area contributed by atoms with Crippen LogP contribution in [0.4, 0.5) is 0 Å². The first-order chi connectivity index (χ1) is 8.88. The van der Waals surface area contributed by atoms with Crippen LogP contribution in [-0.4, -0.2) is 5.71 Å². The molecule has 0 amide bonds. The zero-order chi connectivity index (χ0) is 12.4. The third-order valence-electron chi connectivity index (χ3n) is 2.84. The van der Waals surface area contributed by atoms with E-state index in [-0.39, 0.29) is 0 Å². The number of benzene rings is 2. The van der Waals surface area contributed by atoms with E-state index in [1.54, 1.807) is 0 Å². The van der Waals surface area contributed by atoms with Crippen LogP contribution in [0.15, 0.2) is 70.2 Å². The summed E-state index contributed by atoms with van der Waals surface area (Å²) < 4.78 is 5.76. The molecule has 0 saturated heterocycles. The highest BCUT2D eigenvalue weighted by atomic mass is 16.3. The molecular weight excluding hydrogens is 224 g/mol. The van der Waals surface area contributed by atoms with Crippen LogP contribution in [0.3, 0.4) is 0 Å². The van der Waals surface area contributed by atoms with E-state index in [1.165, 1.54) is 0 Å². The molecule has 0 bridgehead atoms. The maximum Gasteiger partial charge on any atom is 0.156 e. The van der Waals surface area contributed by atoms with Gasteiger partial charge in [0.25, 0.3) is 0 Å². The lowest BCUT2D eigenvalue weighted by Crippen LogP contribution is -2.04. The summed E-state index contributed by atoms with van der Waals surface area (Å²) in [6.45, 7) is 0. The van der Waals surface area contributed by atoms with Gasteiger partial charge in [-0.1, -0.05) is 48.5 Å². The van der Waals surface area contributed by atoms with Crippen LogP contribution < -0.4 is 5.84 Å². The third kappa shape index (κ3) is 1.76. The van der Waals surface area contributed by atoms with E-state index in [0.29, 0.717) is 11.5 Å². The standard InChI is InChI=1S/C15H12N2O/c16-17-15(11-6-2-1-3-7-11)14-10-12-8-4-5-9-13(12)18-14/h1-10H,16H2/b17-15+. The smallest absolute Gasteiger partial charge is 0.156 e. The van der Waals surface area contributed by atoms with E-state index in [0.717, 1.165) is 16.5 Å². The van der Waals surface area contributed by atoms with E-state index in [9.17, 15) is 0 Å². The lowest BCUT2D eigenvalue weighted by molar-refractivity contribution is 0.605. The van der Waals surface area contributed by atoms with E-state index >= 15 is 0 Å². The fourth-order valence-electron chi connectivity index (χ4n) is 1.98. The van der Waals surface area contributed by atoms with Crippen molar-refractivity contribution in [3.8, 4) is 0 Å². The molecule has 0 saturated carbocycles. The molecule has 3 nitrogen and oxygen atoms in total. The molecule has 0 fully saturated rings. The zero-order valence-corrected chi connectivity index (χ0v) is 9.71. The predicted octanol–water partition coefficient (Wildman–Crippen LogP) is 3.14. The maximum absolute atomic E-state index is 5.76. The van der Waals surface area contributed by atoms with Crippen LogP contribution in [0.25, 0.3) is 11.0 Å². The molecule has 0 aliphatic heterocycles. The fraction of sp³-hybridized carbons (Fsp3) is 0. The average molecular weight is 236 g/mol. The molecule has 0 spiro atoms. The molecule has 1 heterocycles. The molecule has 88 valence electrons. The van der Waals surface area contributed by atoms with Crippen molar-refractivity contribution in [2.24, 2.45) is 10.9 Å². The summed E-state index contributed by atoms with van der Waals surface area (Å²) >= 11 is 0. The number of hydrogen-bond acceptors (Lipinski definition) is 3. The van der Waals surface area contributed by atoms with Crippen molar-refractivity contribution in [2.75, 3.05) is 0 Å². The first-order valence-electron chi connectivity index (χ1n) is 5.71. The minimum atomic E-state index is 0.659. The van der Waals surface area contributed by atoms with Gasteiger partial charge in [0, 0.05) is 10.9 Å². The Morgan fingerprint density at radius 3 is 2.39 bits per heavy atom. The van der Waals surface area contributed by atoms with Crippen LogP contribution >= 0.6 is 0 Å². The molecule has 2 aromatic carbocycles. The fourth-order valence-corrected chi connectivity index (χ4v) is 1.98. The van der Waals surface area contributed by atoms with Gasteiger partial charge in [-0.15, -0.1) is 0 Å². The van der Waals surface area contributed by atoms with Gasteiger partial charge in [-0.3, -0.25) is 0 Å². The van der Waals surface area contributed by atoms with Crippen molar-refractivity contribution in [2.45, 2.75) is 0 Å². The number of hydrazone groups is 1. The number of hydrogen-bond donors (Lipinski definition) is 1. The summed E-state index contributed by atoms with van der Waals surface area (Å²) in [6, 6.07) is 19.6. The molecule has 1 aromatic heterocycles. The van der Waals surface area contributed by atoms with Gasteiger partial charge in [-0.05, 0) is 12.1 Å². The van der Waals surface area contributed by atoms with Gasteiger partial charge >= 0.3 is 0 Å². The number of rotatable bonds is 2. The second-order valence-electron chi connectivity index (χ2n) is 3.99. The van der Waals surface area contributed by atoms with Crippen molar-refractivity contribution in [1.82, 2.24) is 0 Å². The quantitative estimate of drug-likeness (QED) is 0.422. The Kier molecular flexibility index (Phi) is 2.57. The lowest BCUT2D eigenvalue weighted by atomic mass is 10.1. The van der Waals surface area contributed by atoms with Gasteiger partial charge in [0.1, 0.15) is 11.3 Å². The highest BCUT2D eigenvalue weighted by Crippen LogP contribution is 2.21. The SMILES string of the molecule is N/N=C(\c1ccccc1)c1cc2ccccc2o1. The van der Waals surface area contributed by atoms with E-state index < -0.39 is 0 Å². The molecule has 0 radical (unpaired) electrons. The van der Waals surface area contributed by atoms with Crippen LogP contribution in [0.5, 0.6) is 0 Å². The molecule has 0 atom stereocenters. The van der Waals surface area contributed by atoms with Gasteiger partial charge in [-0.25, -0.2) is 0 Å². The summed E-state index contributed by atoms with van der Waals surface area (Å²) in [5.74, 6) is 6.17. The van der Waals surface area contributed by atoms with Crippen LogP contribution in [0.1, 0.15) is 11.3 Å². The first-order valence-corrected chi connectivity index (χ1v) is 5.71. The van der Waals surface area contributed by atoms with E-state index in [4.69, 9.17) is 10.3 Å². The summed E-state index contributed by atoms with van der Waals surface area (Å²) in [6.07, 6.45) is 0. The minimum absolute atomic E-state index is 0.659. The maximum atomic E-state index is 5.76. The van der Waals surface area contributed by atoms with Gasteiger partial charge in [0.05, 0.1) is 0 Å². The Bertz CT molecular complexity index is 666. The summed E-state index contributed by atoms with van der Waals surface area (Å²) in [5.41, 5.74) is 2.44. The number of nitrogens with two attached hydrogens (primary N) is 1. The molecular formula is C15H12N2O. The molecule has 3 heteroatoms. The predicted molar refractivity (Wildman–Crippen MR) is 72.5 cm³/mol. The summed E-state index contributed by atoms with van der Waals surface area (Å²) in [5, 5.41) is 4.89. The number of furan rings is 1. The zero-order valence-electron chi connectivity index (χ0n) is 9.71. The molecule has 2 N–H and O–H groups in total. The normalized spacial score (nSPS) is 11.9. The molecule has 0 aliphatic carbocycles. The molecule has 3 aromatic rings. The van der Waals surface area contributed by atoms with Crippen molar-refractivity contribution in [3.63, 3.8) is 0 Å². The number of nitrogens with zero attached hydrogens (tertiary/aromatic N) is 1. The van der Waals surface area contributed by atoms with Crippen LogP contribution in [-0.2, 0) is 0 Å². The van der Waals surface area contributed by atoms with Gasteiger partial charge in [-0.2, -0.15) is 5.10 Å². The summed E-state index contributed by atoms with van der Waals surface area (Å²) in [4.78, 5) is 0. The minimum Gasteiger partial charge on any atom is -0.454 e. The highest BCUT2D eigenvalue weighted by Gasteiger charge is 2.11. The van der Waals surface area contributed by atoms with Crippen LogP contribution in [0.2, 0.25) is 0 Å². The van der Waals surface area contributed by atoms with Crippen molar-refractivity contribution in [1.29, 1.82) is 0 Å². The van der Waals surface area contributed by atoms with Gasteiger partial charge in [0.2, 0.25) is 0 Å². The molecule has 0 aliphatic rings. The first kappa shape index (κ1) is 10.6. The Morgan fingerprint density at radius 2 is 1.67 bits per heavy atom. The Labute approximate surface area is 105 Å². The highest BCUT2D eigenvalue weighted by molar-refractivity contribution is 6.12. The van der Waals surface area contributed by atoms with Gasteiger partial charge < -0.3 is 10.3 Å². The largest absolute Gasteiger partial charge is 0.454 e. The second kappa shape index (κ2) is 4.37. The van der Waals surface area contributed by atoms with E-state index in [1.807, 2.05) is 60.7 Å². The third-order valence-corrected chi connectivity index (χ3v) is 2.84. The lowest BCUT2D eigenvalue weighted by Gasteiger charge is -2.00. The molecule has 18 heavy (non-hydrogen) atoms.